The monoisotopic (exact) mass is 376 g/mol. The quantitative estimate of drug-likeness (QED) is 0.812. The van der Waals surface area contributed by atoms with E-state index in [1.54, 1.807) is 52.1 Å². The van der Waals surface area contributed by atoms with Crippen LogP contribution in [0, 0.1) is 0 Å². The first-order valence-electron chi connectivity index (χ1n) is 8.16. The molecule has 2 aromatic carbocycles. The molecule has 0 heterocycles. The van der Waals surface area contributed by atoms with Crippen molar-refractivity contribution in [2.75, 3.05) is 12.4 Å². The highest BCUT2D eigenvalue weighted by molar-refractivity contribution is 7.89. The number of carbonyl (C=O) groups is 1. The van der Waals surface area contributed by atoms with E-state index >= 15 is 0 Å². The Kier molecular flexibility index (Phi) is 6.05. The summed E-state index contributed by atoms with van der Waals surface area (Å²) in [6, 6.07) is 13.4. The van der Waals surface area contributed by atoms with Crippen molar-refractivity contribution in [1.82, 2.24) is 4.72 Å². The molecule has 2 N–H and O–H groups in total. The fraction of sp³-hybridized carbons (Fsp3) is 0.316. The minimum Gasteiger partial charge on any atom is -0.497 e. The van der Waals surface area contributed by atoms with Crippen LogP contribution in [-0.2, 0) is 21.2 Å². The van der Waals surface area contributed by atoms with Crippen molar-refractivity contribution in [3.05, 3.63) is 54.1 Å². The molecule has 2 rings (SSSR count). The largest absolute Gasteiger partial charge is 0.497 e. The van der Waals surface area contributed by atoms with E-state index in [1.807, 2.05) is 12.1 Å². The SMILES string of the molecule is COc1cccc(CC(=O)Nc2cccc(S(=O)(=O)NC(C)(C)C)c2)c1. The van der Waals surface area contributed by atoms with E-state index in [-0.39, 0.29) is 17.2 Å². The van der Waals surface area contributed by atoms with Gasteiger partial charge in [0.15, 0.2) is 0 Å². The normalized spacial score (nSPS) is 11.8. The fourth-order valence-electron chi connectivity index (χ4n) is 2.38. The van der Waals surface area contributed by atoms with Crippen LogP contribution in [0.1, 0.15) is 26.3 Å². The molecule has 0 fully saturated rings. The van der Waals surface area contributed by atoms with Crippen LogP contribution < -0.4 is 14.8 Å². The number of hydrogen-bond acceptors (Lipinski definition) is 4. The molecule has 0 aliphatic carbocycles. The Bertz CT molecular complexity index is 886. The topological polar surface area (TPSA) is 84.5 Å². The van der Waals surface area contributed by atoms with E-state index in [4.69, 9.17) is 4.74 Å². The maximum absolute atomic E-state index is 12.4. The first-order valence-corrected chi connectivity index (χ1v) is 9.64. The lowest BCUT2D eigenvalue weighted by Crippen LogP contribution is -2.40. The van der Waals surface area contributed by atoms with Gasteiger partial charge in [-0.25, -0.2) is 13.1 Å². The molecule has 140 valence electrons. The van der Waals surface area contributed by atoms with Crippen LogP contribution in [0.15, 0.2) is 53.4 Å². The summed E-state index contributed by atoms with van der Waals surface area (Å²) in [5.41, 5.74) is 0.638. The van der Waals surface area contributed by atoms with Gasteiger partial charge in [-0.1, -0.05) is 18.2 Å². The third-order valence-corrected chi connectivity index (χ3v) is 5.12. The van der Waals surface area contributed by atoms with Crippen LogP contribution in [-0.4, -0.2) is 27.0 Å². The molecule has 2 aromatic rings. The molecular formula is C19H24N2O4S. The highest BCUT2D eigenvalue weighted by Gasteiger charge is 2.22. The number of benzene rings is 2. The predicted octanol–water partition coefficient (Wildman–Crippen LogP) is 2.95. The first kappa shape index (κ1) is 19.9. The maximum atomic E-state index is 12.4. The number of ether oxygens (including phenoxy) is 1. The lowest BCUT2D eigenvalue weighted by Gasteiger charge is -2.20. The predicted molar refractivity (Wildman–Crippen MR) is 102 cm³/mol. The second kappa shape index (κ2) is 7.88. The number of carbonyl (C=O) groups excluding carboxylic acids is 1. The van der Waals surface area contributed by atoms with E-state index in [0.29, 0.717) is 11.4 Å². The second-order valence-corrected chi connectivity index (χ2v) is 8.64. The van der Waals surface area contributed by atoms with Crippen LogP contribution in [0.5, 0.6) is 5.75 Å². The van der Waals surface area contributed by atoms with Crippen molar-refractivity contribution in [2.45, 2.75) is 37.6 Å². The molecule has 0 aliphatic rings. The van der Waals surface area contributed by atoms with E-state index in [9.17, 15) is 13.2 Å². The molecule has 0 bridgehead atoms. The molecule has 0 saturated carbocycles. The Balaban J connectivity index is 2.11. The standard InChI is InChI=1S/C19H24N2O4S/c1-19(2,3)21-26(23,24)17-10-6-8-15(13-17)20-18(22)12-14-7-5-9-16(11-14)25-4/h5-11,13,21H,12H2,1-4H3,(H,20,22). The first-order chi connectivity index (χ1) is 12.1. The molecule has 7 heteroatoms. The van der Waals surface area contributed by atoms with Crippen LogP contribution >= 0.6 is 0 Å². The molecule has 0 saturated heterocycles. The summed E-state index contributed by atoms with van der Waals surface area (Å²) in [5.74, 6) is 0.438. The molecule has 0 unspecified atom stereocenters. The zero-order valence-electron chi connectivity index (χ0n) is 15.4. The average Bonchev–Trinajstić information content (AvgIpc) is 2.53. The summed E-state index contributed by atoms with van der Waals surface area (Å²) >= 11 is 0. The second-order valence-electron chi connectivity index (χ2n) is 6.96. The van der Waals surface area contributed by atoms with Gasteiger partial charge in [0.2, 0.25) is 15.9 Å². The van der Waals surface area contributed by atoms with Crippen LogP contribution in [0.25, 0.3) is 0 Å². The summed E-state index contributed by atoms with van der Waals surface area (Å²) < 4.78 is 32.6. The van der Waals surface area contributed by atoms with Gasteiger partial charge in [0.1, 0.15) is 5.75 Å². The van der Waals surface area contributed by atoms with Gasteiger partial charge >= 0.3 is 0 Å². The summed E-state index contributed by atoms with van der Waals surface area (Å²) in [6.45, 7) is 5.30. The zero-order chi connectivity index (χ0) is 19.4. The van der Waals surface area contributed by atoms with Crippen molar-refractivity contribution in [2.24, 2.45) is 0 Å². The van der Waals surface area contributed by atoms with Crippen molar-refractivity contribution < 1.29 is 17.9 Å². The number of anilines is 1. The van der Waals surface area contributed by atoms with Gasteiger partial charge < -0.3 is 10.1 Å². The number of methoxy groups -OCH3 is 1. The van der Waals surface area contributed by atoms with Crippen LogP contribution in [0.3, 0.4) is 0 Å². The molecule has 26 heavy (non-hydrogen) atoms. The highest BCUT2D eigenvalue weighted by atomic mass is 32.2. The van der Waals surface area contributed by atoms with Crippen molar-refractivity contribution in [3.63, 3.8) is 0 Å². The van der Waals surface area contributed by atoms with Gasteiger partial charge in [-0.15, -0.1) is 0 Å². The minimum absolute atomic E-state index is 0.103. The molecule has 1 amide bonds. The number of nitrogens with one attached hydrogen (secondary N) is 2. The van der Waals surface area contributed by atoms with Gasteiger partial charge in [0.25, 0.3) is 0 Å². The fourth-order valence-corrected chi connectivity index (χ4v) is 3.84. The lowest BCUT2D eigenvalue weighted by molar-refractivity contribution is -0.115. The van der Waals surface area contributed by atoms with Crippen LogP contribution in [0.4, 0.5) is 5.69 Å². The summed E-state index contributed by atoms with van der Waals surface area (Å²) in [6.07, 6.45) is 0.161. The van der Waals surface area contributed by atoms with Crippen molar-refractivity contribution >= 4 is 21.6 Å². The van der Waals surface area contributed by atoms with Gasteiger partial charge in [-0.05, 0) is 56.7 Å². The van der Waals surface area contributed by atoms with E-state index < -0.39 is 15.6 Å². The van der Waals surface area contributed by atoms with Gasteiger partial charge in [-0.3, -0.25) is 4.79 Å². The Labute approximate surface area is 154 Å². The molecule has 6 nitrogen and oxygen atoms in total. The summed E-state index contributed by atoms with van der Waals surface area (Å²) in [5, 5.41) is 2.73. The Morgan fingerprint density at radius 3 is 2.42 bits per heavy atom. The minimum atomic E-state index is -3.66. The number of amides is 1. The number of hydrogen-bond donors (Lipinski definition) is 2. The van der Waals surface area contributed by atoms with Crippen LogP contribution in [0.2, 0.25) is 0 Å². The molecule has 0 aromatic heterocycles. The Morgan fingerprint density at radius 1 is 1.08 bits per heavy atom. The highest BCUT2D eigenvalue weighted by Crippen LogP contribution is 2.18. The number of sulfonamides is 1. The molecule has 0 radical (unpaired) electrons. The Morgan fingerprint density at radius 2 is 1.77 bits per heavy atom. The smallest absolute Gasteiger partial charge is 0.241 e. The summed E-state index contributed by atoms with van der Waals surface area (Å²) in [7, 11) is -2.10. The number of rotatable bonds is 6. The van der Waals surface area contributed by atoms with E-state index in [2.05, 4.69) is 10.0 Å². The van der Waals surface area contributed by atoms with E-state index in [1.165, 1.54) is 12.1 Å². The zero-order valence-corrected chi connectivity index (χ0v) is 16.2. The molecular weight excluding hydrogens is 352 g/mol. The third kappa shape index (κ3) is 5.86. The Hall–Kier alpha value is -2.38. The van der Waals surface area contributed by atoms with Gasteiger partial charge in [0, 0.05) is 11.2 Å². The van der Waals surface area contributed by atoms with Crippen molar-refractivity contribution in [1.29, 1.82) is 0 Å². The third-order valence-electron chi connectivity index (χ3n) is 3.37. The van der Waals surface area contributed by atoms with Gasteiger partial charge in [0.05, 0.1) is 18.4 Å². The molecule has 0 atom stereocenters. The molecule has 0 aliphatic heterocycles. The summed E-state index contributed by atoms with van der Waals surface area (Å²) in [4.78, 5) is 12.4. The lowest BCUT2D eigenvalue weighted by atomic mass is 10.1. The average molecular weight is 376 g/mol. The molecule has 0 spiro atoms. The van der Waals surface area contributed by atoms with E-state index in [0.717, 1.165) is 5.56 Å². The van der Waals surface area contributed by atoms with Gasteiger partial charge in [-0.2, -0.15) is 0 Å². The maximum Gasteiger partial charge on any atom is 0.241 e. The van der Waals surface area contributed by atoms with Crippen molar-refractivity contribution in [3.8, 4) is 5.75 Å².